The van der Waals surface area contributed by atoms with Crippen LogP contribution in [0, 0.1) is 0 Å². The van der Waals surface area contributed by atoms with Gasteiger partial charge in [0.25, 0.3) is 11.7 Å². The summed E-state index contributed by atoms with van der Waals surface area (Å²) in [7, 11) is 1.78. The molecule has 0 spiro atoms. The average molecular weight is 234 g/mol. The van der Waals surface area contributed by atoms with E-state index < -0.39 is 0 Å². The zero-order chi connectivity index (χ0) is 12.3. The van der Waals surface area contributed by atoms with Crippen molar-refractivity contribution in [2.75, 3.05) is 13.1 Å². The number of hydrogen-bond acceptors (Lipinski definition) is 2. The van der Waals surface area contributed by atoms with Crippen molar-refractivity contribution in [1.29, 1.82) is 0 Å². The zero-order valence-corrected chi connectivity index (χ0v) is 10.2. The van der Waals surface area contributed by atoms with Gasteiger partial charge in [-0.2, -0.15) is 0 Å². The molecule has 1 aromatic heterocycles. The van der Waals surface area contributed by atoms with E-state index in [-0.39, 0.29) is 11.7 Å². The van der Waals surface area contributed by atoms with Gasteiger partial charge in [0.1, 0.15) is 0 Å². The number of carbonyl (C=O) groups excluding carboxylic acids is 2. The number of rotatable bonds is 2. The van der Waals surface area contributed by atoms with E-state index in [0.717, 1.165) is 38.8 Å². The molecule has 0 unspecified atom stereocenters. The number of nitrogens with zero attached hydrogens (tertiary/aromatic N) is 2. The molecule has 1 amide bonds. The minimum atomic E-state index is -0.389. The van der Waals surface area contributed by atoms with E-state index in [9.17, 15) is 9.59 Å². The molecule has 0 aliphatic carbocycles. The molecule has 0 atom stereocenters. The van der Waals surface area contributed by atoms with Crippen molar-refractivity contribution < 1.29 is 9.59 Å². The van der Waals surface area contributed by atoms with Crippen LogP contribution in [0.2, 0.25) is 0 Å². The van der Waals surface area contributed by atoms with Crippen LogP contribution in [-0.2, 0) is 11.8 Å². The Hall–Kier alpha value is -1.58. The Labute approximate surface area is 101 Å². The van der Waals surface area contributed by atoms with Crippen LogP contribution in [0.1, 0.15) is 36.2 Å². The minimum Gasteiger partial charge on any atom is -0.348 e. The van der Waals surface area contributed by atoms with E-state index in [2.05, 4.69) is 0 Å². The highest BCUT2D eigenvalue weighted by Crippen LogP contribution is 2.12. The van der Waals surface area contributed by atoms with Gasteiger partial charge in [-0.05, 0) is 25.0 Å². The summed E-state index contributed by atoms with van der Waals surface area (Å²) in [6, 6.07) is 3.47. The van der Waals surface area contributed by atoms with E-state index >= 15 is 0 Å². The molecule has 4 heteroatoms. The molecule has 2 rings (SSSR count). The smallest absolute Gasteiger partial charge is 0.296 e. The summed E-state index contributed by atoms with van der Waals surface area (Å²) >= 11 is 0. The van der Waals surface area contributed by atoms with E-state index in [1.807, 2.05) is 0 Å². The van der Waals surface area contributed by atoms with E-state index in [1.165, 1.54) is 0 Å². The quantitative estimate of drug-likeness (QED) is 0.576. The lowest BCUT2D eigenvalue weighted by Gasteiger charge is -2.19. The van der Waals surface area contributed by atoms with E-state index in [4.69, 9.17) is 0 Å². The fourth-order valence-corrected chi connectivity index (χ4v) is 2.22. The predicted molar refractivity (Wildman–Crippen MR) is 64.8 cm³/mol. The van der Waals surface area contributed by atoms with Gasteiger partial charge in [-0.15, -0.1) is 0 Å². The van der Waals surface area contributed by atoms with Gasteiger partial charge in [0.2, 0.25) is 0 Å². The van der Waals surface area contributed by atoms with Gasteiger partial charge in [0.15, 0.2) is 0 Å². The number of aromatic nitrogens is 1. The third kappa shape index (κ3) is 2.57. The number of carbonyl (C=O) groups is 2. The molecule has 2 heterocycles. The Kier molecular flexibility index (Phi) is 3.61. The number of ketones is 1. The zero-order valence-electron chi connectivity index (χ0n) is 10.2. The van der Waals surface area contributed by atoms with E-state index in [1.54, 1.807) is 34.8 Å². The molecule has 0 aromatic carbocycles. The van der Waals surface area contributed by atoms with Crippen LogP contribution in [-0.4, -0.2) is 34.2 Å². The third-order valence-electron chi connectivity index (χ3n) is 3.26. The Bertz CT molecular complexity index is 415. The van der Waals surface area contributed by atoms with E-state index in [0.29, 0.717) is 5.69 Å². The summed E-state index contributed by atoms with van der Waals surface area (Å²) in [5, 5.41) is 0. The number of aryl methyl sites for hydroxylation is 1. The van der Waals surface area contributed by atoms with Crippen LogP contribution in [0.3, 0.4) is 0 Å². The number of Topliss-reactive ketones (excluding diaryl/α,β-unsaturated/α-hetero) is 1. The van der Waals surface area contributed by atoms with Crippen LogP contribution < -0.4 is 0 Å². The maximum Gasteiger partial charge on any atom is 0.296 e. The monoisotopic (exact) mass is 234 g/mol. The lowest BCUT2D eigenvalue weighted by Crippen LogP contribution is -2.37. The van der Waals surface area contributed by atoms with Crippen molar-refractivity contribution in [3.05, 3.63) is 24.0 Å². The van der Waals surface area contributed by atoms with Gasteiger partial charge < -0.3 is 9.47 Å². The maximum atomic E-state index is 12.1. The molecule has 1 saturated heterocycles. The topological polar surface area (TPSA) is 42.3 Å². The molecule has 1 aliphatic heterocycles. The second kappa shape index (κ2) is 5.17. The summed E-state index contributed by atoms with van der Waals surface area (Å²) in [5.41, 5.74) is 0.472. The molecular weight excluding hydrogens is 216 g/mol. The highest BCUT2D eigenvalue weighted by atomic mass is 16.2. The van der Waals surface area contributed by atoms with Crippen molar-refractivity contribution in [3.8, 4) is 0 Å². The molecule has 17 heavy (non-hydrogen) atoms. The van der Waals surface area contributed by atoms with Crippen LogP contribution in [0.15, 0.2) is 18.3 Å². The highest BCUT2D eigenvalue weighted by molar-refractivity contribution is 6.42. The molecule has 0 radical (unpaired) electrons. The van der Waals surface area contributed by atoms with Crippen molar-refractivity contribution in [1.82, 2.24) is 9.47 Å². The number of amides is 1. The first-order chi connectivity index (χ1) is 8.20. The summed E-state index contributed by atoms with van der Waals surface area (Å²) in [6.07, 6.45) is 6.10. The second-order valence-electron chi connectivity index (χ2n) is 4.54. The molecule has 0 bridgehead atoms. The number of likely N-dealkylation sites (tertiary alicyclic amines) is 1. The average Bonchev–Trinajstić information content (AvgIpc) is 2.60. The first-order valence-corrected chi connectivity index (χ1v) is 6.15. The van der Waals surface area contributed by atoms with Gasteiger partial charge in [-0.3, -0.25) is 9.59 Å². The molecule has 92 valence electrons. The first-order valence-electron chi connectivity index (χ1n) is 6.15. The standard InChI is InChI=1S/C13H18N2O2/c1-14-8-6-7-11(14)12(16)13(17)15-9-4-2-3-5-10-15/h6-8H,2-5,9-10H2,1H3. The third-order valence-corrected chi connectivity index (χ3v) is 3.26. The van der Waals surface area contributed by atoms with Crippen LogP contribution in [0.4, 0.5) is 0 Å². The van der Waals surface area contributed by atoms with Crippen LogP contribution in [0.5, 0.6) is 0 Å². The van der Waals surface area contributed by atoms with Crippen LogP contribution in [0.25, 0.3) is 0 Å². The SMILES string of the molecule is Cn1cccc1C(=O)C(=O)N1CCCCCC1. The summed E-state index contributed by atoms with van der Waals surface area (Å²) in [6.45, 7) is 1.43. The molecule has 0 N–H and O–H groups in total. The minimum absolute atomic E-state index is 0.353. The summed E-state index contributed by atoms with van der Waals surface area (Å²) < 4.78 is 1.69. The summed E-state index contributed by atoms with van der Waals surface area (Å²) in [5.74, 6) is -0.742. The highest BCUT2D eigenvalue weighted by Gasteiger charge is 2.25. The molecule has 0 saturated carbocycles. The Morgan fingerprint density at radius 3 is 2.29 bits per heavy atom. The second-order valence-corrected chi connectivity index (χ2v) is 4.54. The fraction of sp³-hybridized carbons (Fsp3) is 0.538. The Morgan fingerprint density at radius 2 is 1.76 bits per heavy atom. The maximum absolute atomic E-state index is 12.1. The lowest BCUT2D eigenvalue weighted by atomic mass is 10.2. The first kappa shape index (κ1) is 11.9. The van der Waals surface area contributed by atoms with Crippen molar-refractivity contribution >= 4 is 11.7 Å². The fourth-order valence-electron chi connectivity index (χ4n) is 2.22. The van der Waals surface area contributed by atoms with Gasteiger partial charge >= 0.3 is 0 Å². The van der Waals surface area contributed by atoms with Crippen molar-refractivity contribution in [3.63, 3.8) is 0 Å². The van der Waals surface area contributed by atoms with Gasteiger partial charge in [0.05, 0.1) is 5.69 Å². The lowest BCUT2D eigenvalue weighted by molar-refractivity contribution is -0.126. The van der Waals surface area contributed by atoms with Gasteiger partial charge in [-0.25, -0.2) is 0 Å². The van der Waals surface area contributed by atoms with Gasteiger partial charge in [-0.1, -0.05) is 12.8 Å². The molecule has 1 aliphatic rings. The molecule has 1 aromatic rings. The largest absolute Gasteiger partial charge is 0.348 e. The molecule has 1 fully saturated rings. The summed E-state index contributed by atoms with van der Waals surface area (Å²) in [4.78, 5) is 25.8. The Balaban J connectivity index is 2.09. The molecular formula is C13H18N2O2. The Morgan fingerprint density at radius 1 is 1.12 bits per heavy atom. The predicted octanol–water partition coefficient (Wildman–Crippen LogP) is 1.61. The molecule has 4 nitrogen and oxygen atoms in total. The van der Waals surface area contributed by atoms with Crippen molar-refractivity contribution in [2.24, 2.45) is 7.05 Å². The van der Waals surface area contributed by atoms with Gasteiger partial charge in [0, 0.05) is 26.3 Å². The number of hydrogen-bond donors (Lipinski definition) is 0. The van der Waals surface area contributed by atoms with Crippen LogP contribution >= 0.6 is 0 Å². The van der Waals surface area contributed by atoms with Crippen molar-refractivity contribution in [2.45, 2.75) is 25.7 Å². The normalized spacial score (nSPS) is 16.6.